The first-order valence-corrected chi connectivity index (χ1v) is 7.72. The average molecular weight is 348 g/mol. The molecule has 0 radical (unpaired) electrons. The number of anilines is 2. The molecule has 7 heteroatoms. The largest absolute Gasteiger partial charge is 0.376 e. The smallest absolute Gasteiger partial charge is 0.274 e. The molecule has 0 atom stereocenters. The van der Waals surface area contributed by atoms with Crippen molar-refractivity contribution in [3.63, 3.8) is 0 Å². The van der Waals surface area contributed by atoms with Gasteiger partial charge >= 0.3 is 0 Å². The second-order valence-electron chi connectivity index (χ2n) is 5.52. The Morgan fingerprint density at radius 1 is 1.17 bits per heavy atom. The van der Waals surface area contributed by atoms with E-state index in [0.29, 0.717) is 22.0 Å². The zero-order chi connectivity index (χ0) is 17.9. The number of benzene rings is 2. The highest BCUT2D eigenvalue weighted by atomic mass is 35.5. The Hall–Kier alpha value is -2.60. The number of hydrogen-bond acceptors (Lipinski definition) is 4. The van der Waals surface area contributed by atoms with Gasteiger partial charge in [0.2, 0.25) is 5.91 Å². The van der Waals surface area contributed by atoms with Gasteiger partial charge in [0, 0.05) is 28.0 Å². The molecule has 0 aromatic heterocycles. The SMILES string of the molecule is Cc1cc(C)c([N+](=O)[O-])cc1NCC(=O)Nc1cccc(Cl)c1C. The van der Waals surface area contributed by atoms with Crippen molar-refractivity contribution in [3.05, 3.63) is 62.2 Å². The maximum absolute atomic E-state index is 12.1. The fourth-order valence-corrected chi connectivity index (χ4v) is 2.52. The first kappa shape index (κ1) is 17.7. The zero-order valence-corrected chi connectivity index (χ0v) is 14.4. The molecule has 0 saturated heterocycles. The topological polar surface area (TPSA) is 84.3 Å². The van der Waals surface area contributed by atoms with Crippen molar-refractivity contribution < 1.29 is 9.72 Å². The third kappa shape index (κ3) is 4.02. The zero-order valence-electron chi connectivity index (χ0n) is 13.6. The van der Waals surface area contributed by atoms with Gasteiger partial charge in [-0.05, 0) is 50.1 Å². The van der Waals surface area contributed by atoms with Crippen LogP contribution in [0.3, 0.4) is 0 Å². The van der Waals surface area contributed by atoms with E-state index < -0.39 is 4.92 Å². The lowest BCUT2D eigenvalue weighted by Gasteiger charge is -2.12. The fourth-order valence-electron chi connectivity index (χ4n) is 2.34. The summed E-state index contributed by atoms with van der Waals surface area (Å²) in [4.78, 5) is 22.7. The minimum absolute atomic E-state index is 0.00694. The summed E-state index contributed by atoms with van der Waals surface area (Å²) in [5.41, 5.74) is 3.43. The summed E-state index contributed by atoms with van der Waals surface area (Å²) in [7, 11) is 0. The quantitative estimate of drug-likeness (QED) is 0.626. The normalized spacial score (nSPS) is 10.3. The lowest BCUT2D eigenvalue weighted by atomic mass is 10.1. The average Bonchev–Trinajstić information content (AvgIpc) is 2.50. The number of amides is 1. The van der Waals surface area contributed by atoms with Crippen LogP contribution in [0.15, 0.2) is 30.3 Å². The van der Waals surface area contributed by atoms with Crippen molar-refractivity contribution in [2.45, 2.75) is 20.8 Å². The van der Waals surface area contributed by atoms with Crippen LogP contribution >= 0.6 is 11.6 Å². The van der Waals surface area contributed by atoms with Crippen LogP contribution in [0.25, 0.3) is 0 Å². The Balaban J connectivity index is 2.08. The Morgan fingerprint density at radius 3 is 2.54 bits per heavy atom. The number of nitro groups is 1. The lowest BCUT2D eigenvalue weighted by Crippen LogP contribution is -2.22. The van der Waals surface area contributed by atoms with Crippen LogP contribution in [-0.4, -0.2) is 17.4 Å². The highest BCUT2D eigenvalue weighted by Gasteiger charge is 2.14. The van der Waals surface area contributed by atoms with Gasteiger partial charge in [0.25, 0.3) is 5.69 Å². The Morgan fingerprint density at radius 2 is 1.88 bits per heavy atom. The molecule has 0 unspecified atom stereocenters. The van der Waals surface area contributed by atoms with Crippen molar-refractivity contribution in [2.75, 3.05) is 17.2 Å². The van der Waals surface area contributed by atoms with Gasteiger partial charge in [0.05, 0.1) is 11.5 Å². The van der Waals surface area contributed by atoms with Crippen LogP contribution in [0.2, 0.25) is 5.02 Å². The predicted octanol–water partition coefficient (Wildman–Crippen LogP) is 4.22. The van der Waals surface area contributed by atoms with Crippen LogP contribution in [0.4, 0.5) is 17.1 Å². The molecule has 0 bridgehead atoms. The Bertz CT molecular complexity index is 806. The van der Waals surface area contributed by atoms with E-state index in [0.717, 1.165) is 11.1 Å². The number of nitro benzene ring substituents is 1. The standard InChI is InChI=1S/C17H18ClN3O3/c1-10-7-11(2)16(21(23)24)8-15(10)19-9-17(22)20-14-6-4-5-13(18)12(14)3/h4-8,19H,9H2,1-3H3,(H,20,22). The maximum Gasteiger partial charge on any atom is 0.274 e. The Kier molecular flexibility index (Phi) is 5.41. The molecule has 0 aliphatic carbocycles. The highest BCUT2D eigenvalue weighted by Crippen LogP contribution is 2.26. The molecule has 2 aromatic rings. The fraction of sp³-hybridized carbons (Fsp3) is 0.235. The molecule has 126 valence electrons. The molecule has 2 N–H and O–H groups in total. The molecule has 24 heavy (non-hydrogen) atoms. The van der Waals surface area contributed by atoms with Crippen molar-refractivity contribution in [2.24, 2.45) is 0 Å². The molecule has 2 rings (SSSR count). The van der Waals surface area contributed by atoms with Gasteiger partial charge in [0.15, 0.2) is 0 Å². The summed E-state index contributed by atoms with van der Waals surface area (Å²) >= 11 is 6.02. The van der Waals surface area contributed by atoms with E-state index in [9.17, 15) is 14.9 Å². The summed E-state index contributed by atoms with van der Waals surface area (Å²) in [6.45, 7) is 5.33. The Labute approximate surface area is 145 Å². The molecule has 0 aliphatic heterocycles. The predicted molar refractivity (Wildman–Crippen MR) is 95.9 cm³/mol. The van der Waals surface area contributed by atoms with E-state index in [1.807, 2.05) is 13.8 Å². The summed E-state index contributed by atoms with van der Waals surface area (Å²) in [6.07, 6.45) is 0. The monoisotopic (exact) mass is 347 g/mol. The van der Waals surface area contributed by atoms with Crippen LogP contribution in [0.5, 0.6) is 0 Å². The first-order chi connectivity index (χ1) is 11.3. The number of carbonyl (C=O) groups excluding carboxylic acids is 1. The van der Waals surface area contributed by atoms with E-state index >= 15 is 0 Å². The third-order valence-electron chi connectivity index (χ3n) is 3.72. The molecule has 0 fully saturated rings. The number of halogens is 1. The van der Waals surface area contributed by atoms with Gasteiger partial charge < -0.3 is 10.6 Å². The molecule has 0 heterocycles. The molecular weight excluding hydrogens is 330 g/mol. The summed E-state index contributed by atoms with van der Waals surface area (Å²) in [5.74, 6) is -0.261. The molecule has 0 saturated carbocycles. The van der Waals surface area contributed by atoms with Gasteiger partial charge in [-0.25, -0.2) is 0 Å². The van der Waals surface area contributed by atoms with Crippen LogP contribution in [0, 0.1) is 30.9 Å². The van der Waals surface area contributed by atoms with Gasteiger partial charge in [-0.1, -0.05) is 17.7 Å². The van der Waals surface area contributed by atoms with E-state index in [-0.39, 0.29) is 18.1 Å². The van der Waals surface area contributed by atoms with Gasteiger partial charge in [-0.3, -0.25) is 14.9 Å². The van der Waals surface area contributed by atoms with E-state index in [1.165, 1.54) is 6.07 Å². The summed E-state index contributed by atoms with van der Waals surface area (Å²) in [5, 5.41) is 17.3. The minimum Gasteiger partial charge on any atom is -0.376 e. The van der Waals surface area contributed by atoms with Crippen molar-refractivity contribution >= 4 is 34.6 Å². The van der Waals surface area contributed by atoms with Crippen molar-refractivity contribution in [1.82, 2.24) is 0 Å². The number of nitrogens with zero attached hydrogens (tertiary/aromatic N) is 1. The number of nitrogens with one attached hydrogen (secondary N) is 2. The van der Waals surface area contributed by atoms with Crippen LogP contribution < -0.4 is 10.6 Å². The number of aryl methyl sites for hydroxylation is 2. The highest BCUT2D eigenvalue weighted by molar-refractivity contribution is 6.31. The molecule has 1 amide bonds. The minimum atomic E-state index is -0.435. The second kappa shape index (κ2) is 7.31. The van der Waals surface area contributed by atoms with Gasteiger partial charge in [0.1, 0.15) is 0 Å². The third-order valence-corrected chi connectivity index (χ3v) is 4.13. The summed E-state index contributed by atoms with van der Waals surface area (Å²) < 4.78 is 0. The maximum atomic E-state index is 12.1. The van der Waals surface area contributed by atoms with Crippen molar-refractivity contribution in [3.8, 4) is 0 Å². The number of carbonyl (C=O) groups is 1. The number of hydrogen-bond donors (Lipinski definition) is 2. The van der Waals surface area contributed by atoms with E-state index in [2.05, 4.69) is 10.6 Å². The molecule has 0 spiro atoms. The molecule has 0 aliphatic rings. The molecule has 6 nitrogen and oxygen atoms in total. The second-order valence-corrected chi connectivity index (χ2v) is 5.93. The van der Waals surface area contributed by atoms with Crippen LogP contribution in [0.1, 0.15) is 16.7 Å². The van der Waals surface area contributed by atoms with E-state index in [4.69, 9.17) is 11.6 Å². The van der Waals surface area contributed by atoms with Crippen molar-refractivity contribution in [1.29, 1.82) is 0 Å². The van der Waals surface area contributed by atoms with Gasteiger partial charge in [-0.15, -0.1) is 0 Å². The van der Waals surface area contributed by atoms with E-state index in [1.54, 1.807) is 31.2 Å². The summed E-state index contributed by atoms with van der Waals surface area (Å²) in [6, 6.07) is 8.44. The molecule has 2 aromatic carbocycles. The lowest BCUT2D eigenvalue weighted by molar-refractivity contribution is -0.385. The van der Waals surface area contributed by atoms with Crippen LogP contribution in [-0.2, 0) is 4.79 Å². The van der Waals surface area contributed by atoms with Gasteiger partial charge in [-0.2, -0.15) is 0 Å². The molecular formula is C17H18ClN3O3. The number of rotatable bonds is 5. The first-order valence-electron chi connectivity index (χ1n) is 7.34.